The number of H-pyrrole nitrogens is 1. The number of pyridine rings is 1. The number of nitrogens with zero attached hydrogens (tertiary/aromatic N) is 7. The van der Waals surface area contributed by atoms with Crippen LogP contribution in [-0.2, 0) is 12.6 Å². The number of rotatable bonds is 8. The molecule has 0 saturated carbocycles. The Morgan fingerprint density at radius 1 is 1.12 bits per heavy atom. The third kappa shape index (κ3) is 6.03. The Hall–Kier alpha value is -5.21. The van der Waals surface area contributed by atoms with E-state index in [-0.39, 0.29) is 56.6 Å². The summed E-state index contributed by atoms with van der Waals surface area (Å²) in [5.41, 5.74) is -1.31. The van der Waals surface area contributed by atoms with Gasteiger partial charge in [0.05, 0.1) is 41.5 Å². The van der Waals surface area contributed by atoms with Gasteiger partial charge in [0, 0.05) is 36.9 Å². The van der Waals surface area contributed by atoms with Crippen molar-refractivity contribution in [3.8, 4) is 34.8 Å². The number of aromatic nitrogens is 5. The van der Waals surface area contributed by atoms with Gasteiger partial charge in [-0.3, -0.25) is 9.78 Å². The summed E-state index contributed by atoms with van der Waals surface area (Å²) in [6.45, 7) is 0.107. The lowest BCUT2D eigenvalue weighted by atomic mass is 9.98. The standard InChI is InChI=1S/C26H18ClF3N8O3/c1-38(24-14(11-31)4-3-5-20(24)41-7-6-23-34-36-37-35-23)25(39)17-9-16(19(27)10-21(17)40-2)18-13-33-22(26(28,29)30)8-15(18)12-32/h3-5,8-10,13H,6-7H2,1-2H3,(H,34,35,36,37). The first-order chi connectivity index (χ1) is 19.6. The molecule has 0 fully saturated rings. The van der Waals surface area contributed by atoms with Crippen LogP contribution in [0.2, 0.25) is 5.02 Å². The third-order valence-electron chi connectivity index (χ3n) is 5.86. The summed E-state index contributed by atoms with van der Waals surface area (Å²) in [5.74, 6) is 0.00227. The van der Waals surface area contributed by atoms with Gasteiger partial charge in [0.15, 0.2) is 5.82 Å². The summed E-state index contributed by atoms with van der Waals surface area (Å²) >= 11 is 6.40. The number of nitrogens with one attached hydrogen (secondary N) is 1. The lowest BCUT2D eigenvalue weighted by Gasteiger charge is -2.23. The van der Waals surface area contributed by atoms with Gasteiger partial charge in [-0.1, -0.05) is 22.9 Å². The summed E-state index contributed by atoms with van der Waals surface area (Å²) in [5, 5.41) is 32.8. The van der Waals surface area contributed by atoms with Crippen LogP contribution in [0.15, 0.2) is 42.6 Å². The van der Waals surface area contributed by atoms with E-state index in [0.717, 1.165) is 6.20 Å². The number of amides is 1. The number of anilines is 1. The fourth-order valence-electron chi connectivity index (χ4n) is 3.91. The number of ether oxygens (including phenoxy) is 2. The van der Waals surface area contributed by atoms with E-state index in [0.29, 0.717) is 18.3 Å². The molecule has 1 N–H and O–H groups in total. The van der Waals surface area contributed by atoms with Gasteiger partial charge in [-0.05, 0) is 24.3 Å². The second kappa shape index (κ2) is 11.9. The lowest BCUT2D eigenvalue weighted by molar-refractivity contribution is -0.141. The first-order valence-corrected chi connectivity index (χ1v) is 12.0. The van der Waals surface area contributed by atoms with Gasteiger partial charge in [0.25, 0.3) is 5.91 Å². The molecule has 0 radical (unpaired) electrons. The van der Waals surface area contributed by atoms with Crippen molar-refractivity contribution in [1.82, 2.24) is 25.6 Å². The van der Waals surface area contributed by atoms with Crippen LogP contribution in [0.3, 0.4) is 0 Å². The Morgan fingerprint density at radius 2 is 1.88 bits per heavy atom. The molecule has 0 spiro atoms. The van der Waals surface area contributed by atoms with Gasteiger partial charge in [0.2, 0.25) is 0 Å². The van der Waals surface area contributed by atoms with Crippen molar-refractivity contribution in [2.24, 2.45) is 0 Å². The van der Waals surface area contributed by atoms with Crippen LogP contribution in [0.4, 0.5) is 18.9 Å². The second-order valence-corrected chi connectivity index (χ2v) is 8.72. The molecule has 0 atom stereocenters. The van der Waals surface area contributed by atoms with Crippen LogP contribution in [0, 0.1) is 22.7 Å². The van der Waals surface area contributed by atoms with Gasteiger partial charge >= 0.3 is 6.18 Å². The maximum absolute atomic E-state index is 13.8. The van der Waals surface area contributed by atoms with Gasteiger partial charge in [-0.15, -0.1) is 10.2 Å². The van der Waals surface area contributed by atoms with Crippen LogP contribution in [-0.4, -0.2) is 52.3 Å². The number of carbonyl (C=O) groups is 1. The van der Waals surface area contributed by atoms with Crippen LogP contribution < -0.4 is 14.4 Å². The zero-order valence-electron chi connectivity index (χ0n) is 21.3. The lowest BCUT2D eigenvalue weighted by Crippen LogP contribution is -2.28. The highest BCUT2D eigenvalue weighted by molar-refractivity contribution is 6.34. The number of aromatic amines is 1. The molecule has 2 aromatic carbocycles. The van der Waals surface area contributed by atoms with Crippen molar-refractivity contribution >= 4 is 23.2 Å². The van der Waals surface area contributed by atoms with E-state index in [9.17, 15) is 28.5 Å². The van der Waals surface area contributed by atoms with Crippen molar-refractivity contribution in [2.75, 3.05) is 25.7 Å². The van der Waals surface area contributed by atoms with Crippen LogP contribution in [0.5, 0.6) is 11.5 Å². The Kier molecular flexibility index (Phi) is 8.35. The molecule has 41 heavy (non-hydrogen) atoms. The average Bonchev–Trinajstić information content (AvgIpc) is 3.49. The summed E-state index contributed by atoms with van der Waals surface area (Å²) in [6.07, 6.45) is -3.61. The molecule has 4 aromatic rings. The van der Waals surface area contributed by atoms with E-state index in [1.807, 2.05) is 6.07 Å². The molecule has 0 saturated heterocycles. The zero-order valence-corrected chi connectivity index (χ0v) is 22.1. The van der Waals surface area contributed by atoms with Crippen molar-refractivity contribution in [1.29, 1.82) is 10.5 Å². The summed E-state index contributed by atoms with van der Waals surface area (Å²) in [7, 11) is 2.72. The van der Waals surface area contributed by atoms with Crippen LogP contribution in [0.1, 0.15) is 33.0 Å². The Labute approximate surface area is 235 Å². The molecule has 0 aliphatic heterocycles. The van der Waals surface area contributed by atoms with E-state index in [1.54, 1.807) is 18.2 Å². The molecule has 0 unspecified atom stereocenters. The predicted octanol–water partition coefficient (Wildman–Crippen LogP) is 4.58. The topological polar surface area (TPSA) is 154 Å². The molecule has 208 valence electrons. The van der Waals surface area contributed by atoms with Crippen LogP contribution >= 0.6 is 11.6 Å². The number of carbonyl (C=O) groups excluding carboxylic acids is 1. The number of hydrogen-bond donors (Lipinski definition) is 1. The Balaban J connectivity index is 1.75. The van der Waals surface area contributed by atoms with Crippen molar-refractivity contribution in [3.63, 3.8) is 0 Å². The number of tetrazole rings is 1. The highest BCUT2D eigenvalue weighted by atomic mass is 35.5. The number of halogens is 4. The monoisotopic (exact) mass is 582 g/mol. The molecule has 0 bridgehead atoms. The molecule has 0 aliphatic rings. The number of benzene rings is 2. The second-order valence-electron chi connectivity index (χ2n) is 8.31. The molecular weight excluding hydrogens is 565 g/mol. The van der Waals surface area contributed by atoms with E-state index in [1.165, 1.54) is 37.3 Å². The van der Waals surface area contributed by atoms with Gasteiger partial charge in [-0.25, -0.2) is 0 Å². The summed E-state index contributed by atoms with van der Waals surface area (Å²) in [6, 6.07) is 11.6. The minimum absolute atomic E-state index is 0.00187. The fraction of sp³-hybridized carbons (Fsp3) is 0.192. The maximum atomic E-state index is 13.8. The van der Waals surface area contributed by atoms with Gasteiger partial charge < -0.3 is 14.4 Å². The maximum Gasteiger partial charge on any atom is 0.433 e. The predicted molar refractivity (Wildman–Crippen MR) is 138 cm³/mol. The first-order valence-electron chi connectivity index (χ1n) is 11.6. The number of nitriles is 2. The normalized spacial score (nSPS) is 10.9. The van der Waals surface area contributed by atoms with Gasteiger partial charge in [-0.2, -0.15) is 28.9 Å². The minimum atomic E-state index is -4.77. The molecule has 11 nitrogen and oxygen atoms in total. The van der Waals surface area contributed by atoms with Gasteiger partial charge in [0.1, 0.15) is 28.9 Å². The van der Waals surface area contributed by atoms with Crippen LogP contribution in [0.25, 0.3) is 11.1 Å². The molecular formula is C26H18ClF3N8O3. The van der Waals surface area contributed by atoms with E-state index >= 15 is 0 Å². The van der Waals surface area contributed by atoms with Crippen molar-refractivity contribution < 1.29 is 27.4 Å². The largest absolute Gasteiger partial charge is 0.496 e. The highest BCUT2D eigenvalue weighted by Crippen LogP contribution is 2.39. The summed E-state index contributed by atoms with van der Waals surface area (Å²) < 4.78 is 50.7. The number of hydrogen-bond acceptors (Lipinski definition) is 9. The summed E-state index contributed by atoms with van der Waals surface area (Å²) in [4.78, 5) is 18.4. The van der Waals surface area contributed by atoms with Crippen molar-refractivity contribution in [3.05, 3.63) is 75.8 Å². The molecule has 1 amide bonds. The Morgan fingerprint density at radius 3 is 2.51 bits per heavy atom. The minimum Gasteiger partial charge on any atom is -0.496 e. The highest BCUT2D eigenvalue weighted by Gasteiger charge is 2.33. The van der Waals surface area contributed by atoms with E-state index < -0.39 is 17.8 Å². The van der Waals surface area contributed by atoms with E-state index in [2.05, 4.69) is 25.6 Å². The molecule has 0 aliphatic carbocycles. The van der Waals surface area contributed by atoms with Crippen molar-refractivity contribution in [2.45, 2.75) is 12.6 Å². The third-order valence-corrected chi connectivity index (χ3v) is 6.17. The molecule has 2 aromatic heterocycles. The first kappa shape index (κ1) is 28.8. The van der Waals surface area contributed by atoms with E-state index in [4.69, 9.17) is 21.1 Å². The SMILES string of the molecule is COc1cc(Cl)c(-c2cnc(C(F)(F)F)cc2C#N)cc1C(=O)N(C)c1c(C#N)cccc1OCCc1nn[nH]n1. The Bertz CT molecular complexity index is 1680. The average molecular weight is 583 g/mol. The quantitative estimate of drug-likeness (QED) is 0.314. The molecule has 15 heteroatoms. The smallest absolute Gasteiger partial charge is 0.433 e. The number of methoxy groups -OCH3 is 1. The molecule has 4 rings (SSSR count). The molecule has 2 heterocycles. The number of alkyl halides is 3. The fourth-order valence-corrected chi connectivity index (χ4v) is 4.17. The zero-order chi connectivity index (χ0) is 29.7. The number of para-hydroxylation sites is 1.